The highest BCUT2D eigenvalue weighted by atomic mass is 32.2. The van der Waals surface area contributed by atoms with Crippen molar-refractivity contribution in [3.05, 3.63) is 115 Å². The number of para-hydroxylation sites is 1. The first kappa shape index (κ1) is 21.3. The normalized spacial score (nSPS) is 11.0. The lowest BCUT2D eigenvalue weighted by atomic mass is 10.1. The van der Waals surface area contributed by atoms with Gasteiger partial charge in [0.2, 0.25) is 0 Å². The first-order valence-corrected chi connectivity index (χ1v) is 11.5. The van der Waals surface area contributed by atoms with Crippen LogP contribution in [0.2, 0.25) is 0 Å². The van der Waals surface area contributed by atoms with E-state index in [9.17, 15) is 13.2 Å². The number of sulfonamides is 1. The first-order chi connectivity index (χ1) is 15.6. The Balaban J connectivity index is 1.55. The van der Waals surface area contributed by atoms with Crippen molar-refractivity contribution in [3.8, 4) is 16.9 Å². The molecule has 160 valence electrons. The van der Waals surface area contributed by atoms with Gasteiger partial charge < -0.3 is 4.74 Å². The van der Waals surface area contributed by atoms with E-state index in [2.05, 4.69) is 0 Å². The second-order valence-electron chi connectivity index (χ2n) is 6.99. The number of anilines is 1. The molecular weight excluding hydrogens is 422 g/mol. The summed E-state index contributed by atoms with van der Waals surface area (Å²) >= 11 is 0. The third-order valence-electron chi connectivity index (χ3n) is 4.82. The molecule has 4 aromatic rings. The van der Waals surface area contributed by atoms with E-state index in [-0.39, 0.29) is 10.6 Å². The SMILES string of the molecule is O=C(COc1ccc(-c2ccccc2)cc1)N(c1ccccc1)S(=O)(=O)c1ccccc1. The molecule has 0 saturated carbocycles. The van der Waals surface area contributed by atoms with E-state index in [4.69, 9.17) is 4.74 Å². The smallest absolute Gasteiger partial charge is 0.278 e. The summed E-state index contributed by atoms with van der Waals surface area (Å²) in [6.07, 6.45) is 0. The molecule has 0 bridgehead atoms. The van der Waals surface area contributed by atoms with Gasteiger partial charge >= 0.3 is 0 Å². The summed E-state index contributed by atoms with van der Waals surface area (Å²) in [5, 5.41) is 0. The van der Waals surface area contributed by atoms with Gasteiger partial charge in [-0.2, -0.15) is 4.31 Å². The summed E-state index contributed by atoms with van der Waals surface area (Å²) in [5.74, 6) is -0.213. The van der Waals surface area contributed by atoms with Gasteiger partial charge in [0, 0.05) is 0 Å². The molecule has 0 aliphatic carbocycles. The maximum Gasteiger partial charge on any atom is 0.278 e. The van der Waals surface area contributed by atoms with Crippen LogP contribution in [0.3, 0.4) is 0 Å². The zero-order valence-electron chi connectivity index (χ0n) is 17.2. The predicted octanol–water partition coefficient (Wildman–Crippen LogP) is 5.15. The van der Waals surface area contributed by atoms with Crippen LogP contribution in [0.15, 0.2) is 120 Å². The Hall–Kier alpha value is -3.90. The Morgan fingerprint density at radius 2 is 1.16 bits per heavy atom. The van der Waals surface area contributed by atoms with Crippen molar-refractivity contribution in [2.75, 3.05) is 10.9 Å². The van der Waals surface area contributed by atoms with Gasteiger partial charge in [0.25, 0.3) is 15.9 Å². The fourth-order valence-electron chi connectivity index (χ4n) is 3.26. The largest absolute Gasteiger partial charge is 0.484 e. The van der Waals surface area contributed by atoms with Crippen molar-refractivity contribution >= 4 is 21.6 Å². The zero-order valence-corrected chi connectivity index (χ0v) is 18.0. The molecule has 0 heterocycles. The van der Waals surface area contributed by atoms with Crippen molar-refractivity contribution in [1.82, 2.24) is 0 Å². The lowest BCUT2D eigenvalue weighted by Crippen LogP contribution is -2.40. The first-order valence-electron chi connectivity index (χ1n) is 10.0. The summed E-state index contributed by atoms with van der Waals surface area (Å²) in [4.78, 5) is 13.1. The Bertz CT molecular complexity index is 1270. The van der Waals surface area contributed by atoms with Gasteiger partial charge in [-0.3, -0.25) is 4.79 Å². The topological polar surface area (TPSA) is 63.7 Å². The molecule has 0 aliphatic heterocycles. The van der Waals surface area contributed by atoms with Gasteiger partial charge in [-0.1, -0.05) is 78.9 Å². The summed E-state index contributed by atoms with van der Waals surface area (Å²) in [5.41, 5.74) is 2.34. The Morgan fingerprint density at radius 3 is 1.75 bits per heavy atom. The second kappa shape index (κ2) is 9.49. The van der Waals surface area contributed by atoms with Crippen LogP contribution in [-0.4, -0.2) is 20.9 Å². The van der Waals surface area contributed by atoms with Crippen LogP contribution in [0.1, 0.15) is 0 Å². The Kier molecular flexibility index (Phi) is 6.33. The molecule has 0 spiro atoms. The fourth-order valence-corrected chi connectivity index (χ4v) is 4.69. The average molecular weight is 444 g/mol. The van der Waals surface area contributed by atoms with Crippen molar-refractivity contribution in [1.29, 1.82) is 0 Å². The number of ether oxygens (including phenoxy) is 1. The maximum atomic E-state index is 13.2. The molecule has 0 N–H and O–H groups in total. The number of hydrogen-bond donors (Lipinski definition) is 0. The molecule has 4 aromatic carbocycles. The van der Waals surface area contributed by atoms with Crippen LogP contribution >= 0.6 is 0 Å². The lowest BCUT2D eigenvalue weighted by Gasteiger charge is -2.22. The summed E-state index contributed by atoms with van der Waals surface area (Å²) in [6.45, 7) is -0.425. The summed E-state index contributed by atoms with van der Waals surface area (Å²) in [7, 11) is -4.10. The molecule has 0 aliphatic rings. The van der Waals surface area contributed by atoms with Gasteiger partial charge in [0.15, 0.2) is 6.61 Å². The van der Waals surface area contributed by atoms with Crippen LogP contribution in [0.5, 0.6) is 5.75 Å². The van der Waals surface area contributed by atoms with Crippen molar-refractivity contribution < 1.29 is 17.9 Å². The van der Waals surface area contributed by atoms with Crippen LogP contribution in [0, 0.1) is 0 Å². The molecule has 32 heavy (non-hydrogen) atoms. The Morgan fingerprint density at radius 1 is 0.656 bits per heavy atom. The van der Waals surface area contributed by atoms with Crippen molar-refractivity contribution in [3.63, 3.8) is 0 Å². The lowest BCUT2D eigenvalue weighted by molar-refractivity contribution is -0.119. The molecular formula is C26H21NO4S. The van der Waals surface area contributed by atoms with E-state index in [1.165, 1.54) is 12.1 Å². The quantitative estimate of drug-likeness (QED) is 0.396. The molecule has 0 atom stereocenters. The standard InChI is InChI=1S/C26H21NO4S/c28-26(20-31-24-18-16-22(17-19-24)21-10-4-1-5-11-21)27(23-12-6-2-7-13-23)32(29,30)25-14-8-3-9-15-25/h1-19H,20H2. The number of carbonyl (C=O) groups excluding carboxylic acids is 1. The zero-order chi connectivity index (χ0) is 22.4. The number of nitrogens with zero attached hydrogens (tertiary/aromatic N) is 1. The van der Waals surface area contributed by atoms with Crippen molar-refractivity contribution in [2.45, 2.75) is 4.90 Å². The van der Waals surface area contributed by atoms with E-state index in [1.807, 2.05) is 42.5 Å². The van der Waals surface area contributed by atoms with Gasteiger partial charge in [-0.15, -0.1) is 0 Å². The van der Waals surface area contributed by atoms with E-state index in [1.54, 1.807) is 60.7 Å². The van der Waals surface area contributed by atoms with Crippen LogP contribution in [0.25, 0.3) is 11.1 Å². The highest BCUT2D eigenvalue weighted by Crippen LogP contribution is 2.25. The number of carbonyl (C=O) groups is 1. The minimum absolute atomic E-state index is 0.0319. The highest BCUT2D eigenvalue weighted by Gasteiger charge is 2.31. The summed E-state index contributed by atoms with van der Waals surface area (Å²) in [6, 6.07) is 33.3. The monoisotopic (exact) mass is 443 g/mol. The maximum absolute atomic E-state index is 13.2. The van der Waals surface area contributed by atoms with Crippen LogP contribution < -0.4 is 9.04 Å². The summed E-state index contributed by atoms with van der Waals surface area (Å²) < 4.78 is 32.9. The molecule has 0 unspecified atom stereocenters. The molecule has 0 aromatic heterocycles. The van der Waals surface area contributed by atoms with Gasteiger partial charge in [-0.25, -0.2) is 8.42 Å². The average Bonchev–Trinajstić information content (AvgIpc) is 2.85. The minimum atomic E-state index is -4.10. The second-order valence-corrected chi connectivity index (χ2v) is 8.78. The predicted molar refractivity (Wildman–Crippen MR) is 125 cm³/mol. The minimum Gasteiger partial charge on any atom is -0.484 e. The van der Waals surface area contributed by atoms with Crippen LogP contribution in [0.4, 0.5) is 5.69 Å². The fraction of sp³-hybridized carbons (Fsp3) is 0.0385. The van der Waals surface area contributed by atoms with Gasteiger partial charge in [0.1, 0.15) is 5.75 Å². The number of benzene rings is 4. The molecule has 5 nitrogen and oxygen atoms in total. The Labute approximate surface area is 187 Å². The number of hydrogen-bond acceptors (Lipinski definition) is 4. The van der Waals surface area contributed by atoms with E-state index in [0.29, 0.717) is 5.75 Å². The third-order valence-corrected chi connectivity index (χ3v) is 6.59. The van der Waals surface area contributed by atoms with E-state index < -0.39 is 22.5 Å². The molecule has 1 amide bonds. The molecule has 4 rings (SSSR count). The number of amides is 1. The van der Waals surface area contributed by atoms with Gasteiger partial charge in [-0.05, 0) is 47.5 Å². The van der Waals surface area contributed by atoms with Crippen LogP contribution in [-0.2, 0) is 14.8 Å². The van der Waals surface area contributed by atoms with E-state index in [0.717, 1.165) is 15.4 Å². The molecule has 0 fully saturated rings. The van der Waals surface area contributed by atoms with E-state index >= 15 is 0 Å². The van der Waals surface area contributed by atoms with Gasteiger partial charge in [0.05, 0.1) is 10.6 Å². The third kappa shape index (κ3) is 4.71. The highest BCUT2D eigenvalue weighted by molar-refractivity contribution is 7.93. The van der Waals surface area contributed by atoms with Crippen molar-refractivity contribution in [2.24, 2.45) is 0 Å². The molecule has 0 radical (unpaired) electrons. The molecule has 6 heteroatoms. The molecule has 0 saturated heterocycles. The number of rotatable bonds is 7.